The molecule has 23 heavy (non-hydrogen) atoms. The summed E-state index contributed by atoms with van der Waals surface area (Å²) in [4.78, 5) is 38.3. The second-order valence-electron chi connectivity index (χ2n) is 5.63. The van der Waals surface area contributed by atoms with Crippen LogP contribution in [-0.4, -0.2) is 48.4 Å². The maximum atomic E-state index is 12.1. The number of nitrogens with zero attached hydrogens (tertiary/aromatic N) is 2. The lowest BCUT2D eigenvalue weighted by Crippen LogP contribution is -2.36. The summed E-state index contributed by atoms with van der Waals surface area (Å²) >= 11 is 0. The fraction of sp³-hybridized carbons (Fsp3) is 0.312. The Balaban J connectivity index is 1.75. The number of urea groups is 1. The first-order chi connectivity index (χ1) is 10.9. The number of carbonyl (C=O) groups excluding carboxylic acids is 2. The van der Waals surface area contributed by atoms with Gasteiger partial charge in [0, 0.05) is 43.3 Å². The predicted molar refractivity (Wildman–Crippen MR) is 85.4 cm³/mol. The SMILES string of the molecule is Cc1cc(=O)oc2cc(NC(=O)CN3CCN(C)C3=O)ccc12. The number of amides is 3. The van der Waals surface area contributed by atoms with Crippen molar-refractivity contribution in [1.82, 2.24) is 9.80 Å². The number of benzene rings is 1. The van der Waals surface area contributed by atoms with Crippen molar-refractivity contribution in [2.45, 2.75) is 6.92 Å². The predicted octanol–water partition coefficient (Wildman–Crippen LogP) is 1.41. The summed E-state index contributed by atoms with van der Waals surface area (Å²) in [6.07, 6.45) is 0. The Morgan fingerprint density at radius 3 is 2.74 bits per heavy atom. The molecule has 0 atom stereocenters. The minimum absolute atomic E-state index is 0.00102. The van der Waals surface area contributed by atoms with E-state index >= 15 is 0 Å². The third kappa shape index (κ3) is 3.03. The van der Waals surface area contributed by atoms with E-state index in [0.29, 0.717) is 24.4 Å². The molecule has 3 amide bonds. The summed E-state index contributed by atoms with van der Waals surface area (Å²) in [6, 6.07) is 6.42. The second-order valence-corrected chi connectivity index (χ2v) is 5.63. The van der Waals surface area contributed by atoms with Crippen LogP contribution in [0.1, 0.15) is 5.56 Å². The van der Waals surface area contributed by atoms with Crippen LogP contribution in [0.2, 0.25) is 0 Å². The maximum Gasteiger partial charge on any atom is 0.336 e. The van der Waals surface area contributed by atoms with E-state index in [1.165, 1.54) is 11.0 Å². The Morgan fingerprint density at radius 1 is 1.26 bits per heavy atom. The normalized spacial score (nSPS) is 14.6. The highest BCUT2D eigenvalue weighted by Gasteiger charge is 2.26. The molecule has 1 N–H and O–H groups in total. The van der Waals surface area contributed by atoms with E-state index in [1.54, 1.807) is 30.1 Å². The lowest BCUT2D eigenvalue weighted by atomic mass is 10.1. The molecule has 0 radical (unpaired) electrons. The molecule has 0 spiro atoms. The molecule has 1 fully saturated rings. The molecule has 1 aliphatic heterocycles. The van der Waals surface area contributed by atoms with Gasteiger partial charge in [0.25, 0.3) is 0 Å². The van der Waals surface area contributed by atoms with Crippen LogP contribution < -0.4 is 10.9 Å². The van der Waals surface area contributed by atoms with Crippen molar-refractivity contribution in [3.05, 3.63) is 40.2 Å². The first kappa shape index (κ1) is 15.1. The van der Waals surface area contributed by atoms with Crippen LogP contribution in [0.3, 0.4) is 0 Å². The fourth-order valence-corrected chi connectivity index (χ4v) is 2.63. The molecule has 1 aromatic carbocycles. The topological polar surface area (TPSA) is 82.9 Å². The molecule has 7 heteroatoms. The van der Waals surface area contributed by atoms with Crippen molar-refractivity contribution in [2.24, 2.45) is 0 Å². The van der Waals surface area contributed by atoms with Gasteiger partial charge in [-0.2, -0.15) is 0 Å². The van der Waals surface area contributed by atoms with Gasteiger partial charge in [0.05, 0.1) is 0 Å². The van der Waals surface area contributed by atoms with Crippen LogP contribution in [0, 0.1) is 6.92 Å². The van der Waals surface area contributed by atoms with Crippen molar-refractivity contribution < 1.29 is 14.0 Å². The molecule has 0 saturated carbocycles. The molecular formula is C16H17N3O4. The number of carbonyl (C=O) groups is 2. The van der Waals surface area contributed by atoms with Crippen molar-refractivity contribution in [3.8, 4) is 0 Å². The summed E-state index contributed by atoms with van der Waals surface area (Å²) in [5, 5.41) is 3.54. The van der Waals surface area contributed by atoms with Gasteiger partial charge < -0.3 is 19.5 Å². The molecule has 7 nitrogen and oxygen atoms in total. The maximum absolute atomic E-state index is 12.1. The Bertz CT molecular complexity index is 843. The first-order valence-corrected chi connectivity index (χ1v) is 7.28. The zero-order chi connectivity index (χ0) is 16.6. The van der Waals surface area contributed by atoms with Crippen molar-refractivity contribution in [1.29, 1.82) is 0 Å². The van der Waals surface area contributed by atoms with Crippen LogP contribution in [0.25, 0.3) is 11.0 Å². The average molecular weight is 315 g/mol. The fourth-order valence-electron chi connectivity index (χ4n) is 2.63. The molecule has 0 unspecified atom stereocenters. The van der Waals surface area contributed by atoms with Gasteiger partial charge in [-0.3, -0.25) is 4.79 Å². The van der Waals surface area contributed by atoms with E-state index in [4.69, 9.17) is 4.42 Å². The standard InChI is InChI=1S/C16H17N3O4/c1-10-7-15(21)23-13-8-11(3-4-12(10)13)17-14(20)9-19-6-5-18(2)16(19)22/h3-4,7-8H,5-6,9H2,1-2H3,(H,17,20). The number of nitrogens with one attached hydrogen (secondary N) is 1. The smallest absolute Gasteiger partial charge is 0.336 e. The van der Waals surface area contributed by atoms with Crippen LogP contribution in [0.5, 0.6) is 0 Å². The molecule has 0 aliphatic carbocycles. The van der Waals surface area contributed by atoms with Gasteiger partial charge in [0.15, 0.2) is 0 Å². The Morgan fingerprint density at radius 2 is 2.04 bits per heavy atom. The molecule has 2 aromatic rings. The number of hydrogen-bond donors (Lipinski definition) is 1. The van der Waals surface area contributed by atoms with E-state index in [1.807, 2.05) is 6.92 Å². The molecule has 1 aromatic heterocycles. The zero-order valence-electron chi connectivity index (χ0n) is 13.0. The van der Waals surface area contributed by atoms with Gasteiger partial charge in [-0.15, -0.1) is 0 Å². The molecule has 2 heterocycles. The van der Waals surface area contributed by atoms with E-state index in [2.05, 4.69) is 5.32 Å². The highest BCUT2D eigenvalue weighted by Crippen LogP contribution is 2.20. The summed E-state index contributed by atoms with van der Waals surface area (Å²) in [5.74, 6) is -0.289. The summed E-state index contributed by atoms with van der Waals surface area (Å²) in [7, 11) is 1.70. The summed E-state index contributed by atoms with van der Waals surface area (Å²) in [6.45, 7) is 2.98. The van der Waals surface area contributed by atoms with E-state index in [-0.39, 0.29) is 18.5 Å². The highest BCUT2D eigenvalue weighted by atomic mass is 16.4. The van der Waals surface area contributed by atoms with Gasteiger partial charge in [-0.05, 0) is 24.6 Å². The molecule has 1 saturated heterocycles. The molecule has 120 valence electrons. The quantitative estimate of drug-likeness (QED) is 0.868. The van der Waals surface area contributed by atoms with Crippen LogP contribution in [0.15, 0.2) is 33.5 Å². The average Bonchev–Trinajstić information content (AvgIpc) is 2.78. The number of rotatable bonds is 3. The van der Waals surface area contributed by atoms with Gasteiger partial charge >= 0.3 is 11.7 Å². The monoisotopic (exact) mass is 315 g/mol. The number of fused-ring (bicyclic) bond motifs is 1. The molecule has 1 aliphatic rings. The minimum atomic E-state index is -0.427. The zero-order valence-corrected chi connectivity index (χ0v) is 13.0. The second kappa shape index (κ2) is 5.75. The van der Waals surface area contributed by atoms with Crippen LogP contribution in [-0.2, 0) is 4.79 Å². The number of anilines is 1. The first-order valence-electron chi connectivity index (χ1n) is 7.28. The highest BCUT2D eigenvalue weighted by molar-refractivity contribution is 5.96. The molecule has 3 rings (SSSR count). The lowest BCUT2D eigenvalue weighted by Gasteiger charge is -2.15. The molecular weight excluding hydrogens is 298 g/mol. The summed E-state index contributed by atoms with van der Waals surface area (Å²) in [5.41, 5.74) is 1.34. The van der Waals surface area contributed by atoms with Crippen molar-refractivity contribution in [3.63, 3.8) is 0 Å². The Hall–Kier alpha value is -2.83. The van der Waals surface area contributed by atoms with E-state index in [9.17, 15) is 14.4 Å². The minimum Gasteiger partial charge on any atom is -0.423 e. The van der Waals surface area contributed by atoms with Crippen LogP contribution >= 0.6 is 0 Å². The van der Waals surface area contributed by atoms with E-state index in [0.717, 1.165) is 10.9 Å². The third-order valence-corrected chi connectivity index (χ3v) is 3.87. The summed E-state index contributed by atoms with van der Waals surface area (Å²) < 4.78 is 5.15. The number of likely N-dealkylation sites (N-methyl/N-ethyl adjacent to an activating group) is 1. The number of aryl methyl sites for hydroxylation is 1. The van der Waals surface area contributed by atoms with Gasteiger partial charge in [0.2, 0.25) is 5.91 Å². The van der Waals surface area contributed by atoms with Crippen LogP contribution in [0.4, 0.5) is 10.5 Å². The molecule has 0 bridgehead atoms. The van der Waals surface area contributed by atoms with E-state index < -0.39 is 5.63 Å². The largest absolute Gasteiger partial charge is 0.423 e. The Kier molecular flexibility index (Phi) is 3.77. The van der Waals surface area contributed by atoms with Gasteiger partial charge in [0.1, 0.15) is 12.1 Å². The third-order valence-electron chi connectivity index (χ3n) is 3.87. The van der Waals surface area contributed by atoms with Gasteiger partial charge in [-0.25, -0.2) is 9.59 Å². The number of hydrogen-bond acceptors (Lipinski definition) is 4. The van der Waals surface area contributed by atoms with Crippen molar-refractivity contribution in [2.75, 3.05) is 32.0 Å². The lowest BCUT2D eigenvalue weighted by molar-refractivity contribution is -0.116. The van der Waals surface area contributed by atoms with Gasteiger partial charge in [-0.1, -0.05) is 0 Å². The van der Waals surface area contributed by atoms with Crippen molar-refractivity contribution >= 4 is 28.6 Å². The Labute approximate surface area is 132 Å².